The molecule has 1 atom stereocenters. The standard InChI is InChI=1S/C19H27N5O/c1-22-10-5-8-18(12-22)13-23(11-9-17-6-3-2-4-7-17)19(25)14-24-16-20-15-21-24/h2-4,6-7,15-16,18H,5,8-14H2,1H3/t18-/m0/s1. The smallest absolute Gasteiger partial charge is 0.244 e. The Kier molecular flexibility index (Phi) is 6.17. The fourth-order valence-corrected chi connectivity index (χ4v) is 3.51. The van der Waals surface area contributed by atoms with Crippen LogP contribution in [0.1, 0.15) is 18.4 Å². The van der Waals surface area contributed by atoms with E-state index in [0.29, 0.717) is 5.92 Å². The van der Waals surface area contributed by atoms with Crippen molar-refractivity contribution >= 4 is 5.91 Å². The summed E-state index contributed by atoms with van der Waals surface area (Å²) in [5.41, 5.74) is 1.27. The van der Waals surface area contributed by atoms with Crippen molar-refractivity contribution in [1.82, 2.24) is 24.6 Å². The Bertz CT molecular complexity index is 643. The topological polar surface area (TPSA) is 54.3 Å². The van der Waals surface area contributed by atoms with Gasteiger partial charge in [-0.1, -0.05) is 30.3 Å². The summed E-state index contributed by atoms with van der Waals surface area (Å²) >= 11 is 0. The molecule has 1 aliphatic heterocycles. The van der Waals surface area contributed by atoms with Gasteiger partial charge in [-0.15, -0.1) is 0 Å². The first-order valence-corrected chi connectivity index (χ1v) is 9.03. The third-order valence-electron chi connectivity index (χ3n) is 4.83. The van der Waals surface area contributed by atoms with Gasteiger partial charge in [-0.05, 0) is 44.3 Å². The molecule has 1 aromatic carbocycles. The average Bonchev–Trinajstić information content (AvgIpc) is 3.12. The van der Waals surface area contributed by atoms with Gasteiger partial charge in [0, 0.05) is 19.6 Å². The number of nitrogens with zero attached hydrogens (tertiary/aromatic N) is 5. The second kappa shape index (κ2) is 8.76. The second-order valence-electron chi connectivity index (χ2n) is 6.94. The van der Waals surface area contributed by atoms with Gasteiger partial charge in [-0.3, -0.25) is 4.79 Å². The van der Waals surface area contributed by atoms with Gasteiger partial charge in [0.2, 0.25) is 5.91 Å². The third kappa shape index (κ3) is 5.39. The molecule has 6 nitrogen and oxygen atoms in total. The minimum Gasteiger partial charge on any atom is -0.340 e. The molecule has 2 heterocycles. The van der Waals surface area contributed by atoms with Gasteiger partial charge in [-0.2, -0.15) is 5.10 Å². The summed E-state index contributed by atoms with van der Waals surface area (Å²) in [6.07, 6.45) is 6.36. The summed E-state index contributed by atoms with van der Waals surface area (Å²) in [5.74, 6) is 0.670. The fourth-order valence-electron chi connectivity index (χ4n) is 3.51. The third-order valence-corrected chi connectivity index (χ3v) is 4.83. The molecule has 0 unspecified atom stereocenters. The van der Waals surface area contributed by atoms with Gasteiger partial charge in [0.05, 0.1) is 0 Å². The van der Waals surface area contributed by atoms with Crippen LogP contribution in [0.2, 0.25) is 0 Å². The van der Waals surface area contributed by atoms with Crippen molar-refractivity contribution in [3.05, 3.63) is 48.5 Å². The molecule has 1 aliphatic rings. The Balaban J connectivity index is 1.62. The van der Waals surface area contributed by atoms with E-state index >= 15 is 0 Å². The van der Waals surface area contributed by atoms with Gasteiger partial charge in [0.25, 0.3) is 0 Å². The number of benzene rings is 1. The van der Waals surface area contributed by atoms with Crippen LogP contribution in [-0.2, 0) is 17.8 Å². The average molecular weight is 341 g/mol. The van der Waals surface area contributed by atoms with Crippen molar-refractivity contribution in [1.29, 1.82) is 0 Å². The summed E-state index contributed by atoms with van der Waals surface area (Å²) in [6, 6.07) is 10.4. The molecule has 0 saturated carbocycles. The second-order valence-corrected chi connectivity index (χ2v) is 6.94. The number of hydrogen-bond acceptors (Lipinski definition) is 4. The first kappa shape index (κ1) is 17.6. The highest BCUT2D eigenvalue weighted by Crippen LogP contribution is 2.17. The van der Waals surface area contributed by atoms with Crippen LogP contribution < -0.4 is 0 Å². The molecule has 0 spiro atoms. The molecule has 0 N–H and O–H groups in total. The van der Waals surface area contributed by atoms with E-state index in [4.69, 9.17) is 0 Å². The molecule has 0 aliphatic carbocycles. The number of amides is 1. The number of rotatable bonds is 7. The minimum atomic E-state index is 0.120. The van der Waals surface area contributed by atoms with Crippen molar-refractivity contribution in [3.8, 4) is 0 Å². The van der Waals surface area contributed by atoms with E-state index in [9.17, 15) is 4.79 Å². The first-order chi connectivity index (χ1) is 12.2. The van der Waals surface area contributed by atoms with Crippen molar-refractivity contribution in [2.75, 3.05) is 33.2 Å². The van der Waals surface area contributed by atoms with Crippen molar-refractivity contribution < 1.29 is 4.79 Å². The number of aromatic nitrogens is 3. The Hall–Kier alpha value is -2.21. The van der Waals surface area contributed by atoms with Gasteiger partial charge >= 0.3 is 0 Å². The van der Waals surface area contributed by atoms with Crippen LogP contribution in [0.4, 0.5) is 0 Å². The van der Waals surface area contributed by atoms with Crippen LogP contribution in [-0.4, -0.2) is 63.7 Å². The Morgan fingerprint density at radius 2 is 2.16 bits per heavy atom. The maximum Gasteiger partial charge on any atom is 0.244 e. The van der Waals surface area contributed by atoms with E-state index in [1.807, 2.05) is 23.1 Å². The number of piperidine rings is 1. The lowest BCUT2D eigenvalue weighted by Crippen LogP contribution is -2.43. The number of carbonyl (C=O) groups is 1. The maximum absolute atomic E-state index is 12.8. The normalized spacial score (nSPS) is 18.2. The molecule has 1 amide bonds. The van der Waals surface area contributed by atoms with Crippen LogP contribution in [0.5, 0.6) is 0 Å². The number of carbonyl (C=O) groups excluding carboxylic acids is 1. The summed E-state index contributed by atoms with van der Waals surface area (Å²) < 4.78 is 1.60. The zero-order valence-electron chi connectivity index (χ0n) is 14.9. The maximum atomic E-state index is 12.8. The monoisotopic (exact) mass is 341 g/mol. The molecule has 2 aromatic rings. The summed E-state index contributed by atoms with van der Waals surface area (Å²) in [7, 11) is 2.16. The molecule has 1 aromatic heterocycles. The molecule has 3 rings (SSSR count). The van der Waals surface area contributed by atoms with Gasteiger partial charge < -0.3 is 9.80 Å². The minimum absolute atomic E-state index is 0.120. The first-order valence-electron chi connectivity index (χ1n) is 9.03. The summed E-state index contributed by atoms with van der Waals surface area (Å²) in [6.45, 7) is 4.06. The van der Waals surface area contributed by atoms with E-state index in [-0.39, 0.29) is 12.5 Å². The highest BCUT2D eigenvalue weighted by atomic mass is 16.2. The molecule has 134 valence electrons. The zero-order valence-corrected chi connectivity index (χ0v) is 14.9. The number of hydrogen-bond donors (Lipinski definition) is 0. The quantitative estimate of drug-likeness (QED) is 0.769. The van der Waals surface area contributed by atoms with E-state index in [0.717, 1.165) is 32.6 Å². The Morgan fingerprint density at radius 3 is 2.88 bits per heavy atom. The van der Waals surface area contributed by atoms with Crippen molar-refractivity contribution in [2.24, 2.45) is 5.92 Å². The van der Waals surface area contributed by atoms with E-state index in [2.05, 4.69) is 34.2 Å². The van der Waals surface area contributed by atoms with E-state index in [1.54, 1.807) is 11.0 Å². The molecule has 1 saturated heterocycles. The lowest BCUT2D eigenvalue weighted by molar-refractivity contribution is -0.133. The highest BCUT2D eigenvalue weighted by molar-refractivity contribution is 5.75. The zero-order chi connectivity index (χ0) is 17.5. The van der Waals surface area contributed by atoms with Crippen LogP contribution in [0.25, 0.3) is 0 Å². The van der Waals surface area contributed by atoms with Gasteiger partial charge in [0.15, 0.2) is 0 Å². The molecule has 1 fully saturated rings. The lowest BCUT2D eigenvalue weighted by atomic mass is 9.97. The van der Waals surface area contributed by atoms with Crippen LogP contribution in [0.15, 0.2) is 43.0 Å². The van der Waals surface area contributed by atoms with Crippen LogP contribution in [0, 0.1) is 5.92 Å². The molecular weight excluding hydrogens is 314 g/mol. The molecule has 6 heteroatoms. The van der Waals surface area contributed by atoms with Crippen molar-refractivity contribution in [2.45, 2.75) is 25.8 Å². The van der Waals surface area contributed by atoms with Gasteiger partial charge in [0.1, 0.15) is 19.2 Å². The van der Waals surface area contributed by atoms with E-state index < -0.39 is 0 Å². The largest absolute Gasteiger partial charge is 0.340 e. The highest BCUT2D eigenvalue weighted by Gasteiger charge is 2.23. The molecule has 0 bridgehead atoms. The molecule has 0 radical (unpaired) electrons. The predicted octanol–water partition coefficient (Wildman–Crippen LogP) is 1.69. The molecule has 25 heavy (non-hydrogen) atoms. The van der Waals surface area contributed by atoms with Crippen LogP contribution in [0.3, 0.4) is 0 Å². The Labute approximate surface area is 149 Å². The summed E-state index contributed by atoms with van der Waals surface area (Å²) in [4.78, 5) is 21.1. The van der Waals surface area contributed by atoms with E-state index in [1.165, 1.54) is 24.7 Å². The fraction of sp³-hybridized carbons (Fsp3) is 0.526. The van der Waals surface area contributed by atoms with Gasteiger partial charge in [-0.25, -0.2) is 9.67 Å². The molecular formula is C19H27N5O. The van der Waals surface area contributed by atoms with Crippen LogP contribution >= 0.6 is 0 Å². The predicted molar refractivity (Wildman–Crippen MR) is 97.0 cm³/mol. The van der Waals surface area contributed by atoms with Crippen molar-refractivity contribution in [3.63, 3.8) is 0 Å². The summed E-state index contributed by atoms with van der Waals surface area (Å²) in [5, 5.41) is 4.07. The number of likely N-dealkylation sites (tertiary alicyclic amines) is 1. The SMILES string of the molecule is CN1CCC[C@H](CN(CCc2ccccc2)C(=O)Cn2cncn2)C1. The lowest BCUT2D eigenvalue weighted by Gasteiger charge is -2.34. The Morgan fingerprint density at radius 1 is 1.32 bits per heavy atom.